The fourth-order valence-corrected chi connectivity index (χ4v) is 3.50. The molecule has 0 atom stereocenters. The zero-order chi connectivity index (χ0) is 16.5. The largest absolute Gasteiger partial charge is 0.250 e. The Morgan fingerprint density at radius 3 is 2.42 bits per heavy atom. The first kappa shape index (κ1) is 15.0. The lowest BCUT2D eigenvalue weighted by Gasteiger charge is -2.19. The summed E-state index contributed by atoms with van der Waals surface area (Å²) in [6.07, 6.45) is 4.53. The predicted octanol–water partition coefficient (Wildman–Crippen LogP) is 4.70. The lowest BCUT2D eigenvalue weighted by molar-refractivity contribution is 0.665. The van der Waals surface area contributed by atoms with Crippen LogP contribution < -0.4 is 0 Å². The van der Waals surface area contributed by atoms with Gasteiger partial charge in [0.25, 0.3) is 0 Å². The number of hydrogen-bond acceptors (Lipinski definition) is 3. The van der Waals surface area contributed by atoms with Crippen LogP contribution in [-0.2, 0) is 12.8 Å². The van der Waals surface area contributed by atoms with Crippen LogP contribution >= 0.6 is 0 Å². The lowest BCUT2D eigenvalue weighted by atomic mass is 9.92. The van der Waals surface area contributed by atoms with Crippen LogP contribution in [0.5, 0.6) is 0 Å². The molecule has 0 radical (unpaired) electrons. The maximum absolute atomic E-state index is 4.94. The van der Waals surface area contributed by atoms with Gasteiger partial charge in [-0.2, -0.15) is 0 Å². The third kappa shape index (κ3) is 2.82. The quantitative estimate of drug-likeness (QED) is 0.688. The molecule has 24 heavy (non-hydrogen) atoms. The van der Waals surface area contributed by atoms with Crippen LogP contribution in [0.2, 0.25) is 0 Å². The summed E-state index contributed by atoms with van der Waals surface area (Å²) in [7, 11) is 0. The summed E-state index contributed by atoms with van der Waals surface area (Å²) < 4.78 is 0. The second-order valence-corrected chi connectivity index (χ2v) is 6.57. The number of aryl methyl sites for hydroxylation is 3. The summed E-state index contributed by atoms with van der Waals surface area (Å²) in [4.78, 5) is 14.5. The van der Waals surface area contributed by atoms with E-state index in [2.05, 4.69) is 48.3 Å². The number of aromatic nitrogens is 3. The first-order chi connectivity index (χ1) is 11.7. The van der Waals surface area contributed by atoms with E-state index in [0.717, 1.165) is 35.7 Å². The lowest BCUT2D eigenvalue weighted by Crippen LogP contribution is -2.11. The van der Waals surface area contributed by atoms with Crippen LogP contribution in [0.25, 0.3) is 22.8 Å². The number of pyridine rings is 1. The average molecular weight is 315 g/mol. The van der Waals surface area contributed by atoms with Crippen molar-refractivity contribution in [1.82, 2.24) is 15.0 Å². The molecule has 0 saturated heterocycles. The molecule has 120 valence electrons. The van der Waals surface area contributed by atoms with Gasteiger partial charge in [-0.05, 0) is 57.2 Å². The van der Waals surface area contributed by atoms with E-state index in [0.29, 0.717) is 0 Å². The van der Waals surface area contributed by atoms with Crippen molar-refractivity contribution in [1.29, 1.82) is 0 Å². The van der Waals surface area contributed by atoms with Crippen molar-refractivity contribution in [2.24, 2.45) is 0 Å². The van der Waals surface area contributed by atoms with Crippen LogP contribution in [0.15, 0.2) is 42.5 Å². The number of hydrogen-bond donors (Lipinski definition) is 0. The molecule has 3 nitrogen and oxygen atoms in total. The first-order valence-corrected chi connectivity index (χ1v) is 8.61. The van der Waals surface area contributed by atoms with Gasteiger partial charge in [0.15, 0.2) is 5.82 Å². The molecule has 4 rings (SSSR count). The Bertz CT molecular complexity index is 865. The van der Waals surface area contributed by atoms with E-state index < -0.39 is 0 Å². The van der Waals surface area contributed by atoms with Gasteiger partial charge in [0, 0.05) is 22.5 Å². The van der Waals surface area contributed by atoms with Crippen LogP contribution in [0.1, 0.15) is 35.4 Å². The molecule has 1 aliphatic rings. The Labute approximate surface area is 142 Å². The van der Waals surface area contributed by atoms with E-state index >= 15 is 0 Å². The molecule has 0 N–H and O–H groups in total. The summed E-state index contributed by atoms with van der Waals surface area (Å²) in [5.41, 5.74) is 7.84. The standard InChI is InChI=1S/C21H21N3/c1-14-12-15(2)22-19(13-14)21-23-18-11-7-6-10-17(18)20(24-21)16-8-4-3-5-9-16/h3-5,8-9,12-13H,6-7,10-11H2,1-2H3. The monoisotopic (exact) mass is 315 g/mol. The molecule has 1 aliphatic carbocycles. The van der Waals surface area contributed by atoms with E-state index in [9.17, 15) is 0 Å². The van der Waals surface area contributed by atoms with E-state index in [1.807, 2.05) is 13.0 Å². The van der Waals surface area contributed by atoms with E-state index in [-0.39, 0.29) is 0 Å². The Hall–Kier alpha value is -2.55. The molecule has 2 heterocycles. The fourth-order valence-electron chi connectivity index (χ4n) is 3.50. The maximum atomic E-state index is 4.94. The number of fused-ring (bicyclic) bond motifs is 1. The van der Waals surface area contributed by atoms with Gasteiger partial charge < -0.3 is 0 Å². The smallest absolute Gasteiger partial charge is 0.178 e. The summed E-state index contributed by atoms with van der Waals surface area (Å²) in [5.74, 6) is 0.751. The zero-order valence-electron chi connectivity index (χ0n) is 14.2. The summed E-state index contributed by atoms with van der Waals surface area (Å²) in [6, 6.07) is 14.6. The first-order valence-electron chi connectivity index (χ1n) is 8.61. The van der Waals surface area contributed by atoms with Crippen molar-refractivity contribution in [3.05, 3.63) is 65.0 Å². The van der Waals surface area contributed by atoms with Gasteiger partial charge in [-0.1, -0.05) is 30.3 Å². The van der Waals surface area contributed by atoms with E-state index in [1.54, 1.807) is 0 Å². The van der Waals surface area contributed by atoms with Crippen molar-refractivity contribution in [3.8, 4) is 22.8 Å². The Morgan fingerprint density at radius 2 is 1.62 bits per heavy atom. The average Bonchev–Trinajstić information content (AvgIpc) is 2.61. The van der Waals surface area contributed by atoms with Gasteiger partial charge >= 0.3 is 0 Å². The van der Waals surface area contributed by atoms with E-state index in [1.165, 1.54) is 35.2 Å². The van der Waals surface area contributed by atoms with Crippen LogP contribution in [-0.4, -0.2) is 15.0 Å². The molecule has 0 fully saturated rings. The zero-order valence-corrected chi connectivity index (χ0v) is 14.2. The number of benzene rings is 1. The maximum Gasteiger partial charge on any atom is 0.178 e. The molecular weight excluding hydrogens is 294 g/mol. The molecule has 3 heteroatoms. The highest BCUT2D eigenvalue weighted by molar-refractivity contribution is 5.67. The topological polar surface area (TPSA) is 38.7 Å². The molecular formula is C21H21N3. The number of nitrogens with zero attached hydrogens (tertiary/aromatic N) is 3. The van der Waals surface area contributed by atoms with Crippen molar-refractivity contribution in [2.75, 3.05) is 0 Å². The van der Waals surface area contributed by atoms with Gasteiger partial charge in [-0.15, -0.1) is 0 Å². The van der Waals surface area contributed by atoms with E-state index in [4.69, 9.17) is 9.97 Å². The molecule has 2 aromatic heterocycles. The predicted molar refractivity (Wildman–Crippen MR) is 96.8 cm³/mol. The fraction of sp³-hybridized carbons (Fsp3) is 0.286. The third-order valence-corrected chi connectivity index (χ3v) is 4.56. The normalized spacial score (nSPS) is 13.6. The minimum Gasteiger partial charge on any atom is -0.250 e. The van der Waals surface area contributed by atoms with Gasteiger partial charge in [0.2, 0.25) is 0 Å². The minimum atomic E-state index is 0.751. The second kappa shape index (κ2) is 6.16. The van der Waals surface area contributed by atoms with Gasteiger partial charge in [-0.25, -0.2) is 15.0 Å². The molecule has 0 unspecified atom stereocenters. The Balaban J connectivity index is 1.93. The second-order valence-electron chi connectivity index (χ2n) is 6.57. The van der Waals surface area contributed by atoms with Crippen molar-refractivity contribution in [3.63, 3.8) is 0 Å². The Kier molecular flexibility index (Phi) is 3.85. The van der Waals surface area contributed by atoms with Crippen LogP contribution in [0.4, 0.5) is 0 Å². The highest BCUT2D eigenvalue weighted by Crippen LogP contribution is 2.31. The highest BCUT2D eigenvalue weighted by Gasteiger charge is 2.20. The summed E-state index contributed by atoms with van der Waals surface area (Å²) in [6.45, 7) is 4.11. The molecule has 0 spiro atoms. The van der Waals surface area contributed by atoms with Gasteiger partial charge in [0.05, 0.1) is 5.69 Å². The van der Waals surface area contributed by atoms with Gasteiger partial charge in [0.1, 0.15) is 5.69 Å². The van der Waals surface area contributed by atoms with Gasteiger partial charge in [-0.3, -0.25) is 0 Å². The minimum absolute atomic E-state index is 0.751. The van der Waals surface area contributed by atoms with Crippen molar-refractivity contribution >= 4 is 0 Å². The van der Waals surface area contributed by atoms with Crippen molar-refractivity contribution in [2.45, 2.75) is 39.5 Å². The SMILES string of the molecule is Cc1cc(C)nc(-c2nc3c(c(-c4ccccc4)n2)CCCC3)c1. The van der Waals surface area contributed by atoms with Crippen LogP contribution in [0, 0.1) is 13.8 Å². The number of rotatable bonds is 2. The molecule has 0 amide bonds. The summed E-state index contributed by atoms with van der Waals surface area (Å²) in [5, 5.41) is 0. The Morgan fingerprint density at radius 1 is 0.833 bits per heavy atom. The highest BCUT2D eigenvalue weighted by atomic mass is 14.9. The van der Waals surface area contributed by atoms with Crippen molar-refractivity contribution < 1.29 is 0 Å². The molecule has 1 aromatic carbocycles. The molecule has 0 aliphatic heterocycles. The summed E-state index contributed by atoms with van der Waals surface area (Å²) >= 11 is 0. The molecule has 0 saturated carbocycles. The molecule has 3 aromatic rings. The third-order valence-electron chi connectivity index (χ3n) is 4.56. The van der Waals surface area contributed by atoms with Crippen LogP contribution in [0.3, 0.4) is 0 Å². The molecule has 0 bridgehead atoms.